The molecular weight excluding hydrogens is 242 g/mol. The molecule has 0 amide bonds. The van der Waals surface area contributed by atoms with Gasteiger partial charge < -0.3 is 19.9 Å². The van der Waals surface area contributed by atoms with Gasteiger partial charge in [-0.25, -0.2) is 0 Å². The van der Waals surface area contributed by atoms with Crippen LogP contribution in [-0.2, 0) is 4.74 Å². The Labute approximate surface area is 115 Å². The van der Waals surface area contributed by atoms with Crippen molar-refractivity contribution in [2.75, 3.05) is 20.8 Å². The predicted molar refractivity (Wildman–Crippen MR) is 76.8 cm³/mol. The normalized spacial score (nSPS) is 13.2. The molecule has 0 spiro atoms. The van der Waals surface area contributed by atoms with E-state index in [-0.39, 0.29) is 11.6 Å². The average Bonchev–Trinajstić information content (AvgIpc) is 2.37. The zero-order valence-corrected chi connectivity index (χ0v) is 12.5. The van der Waals surface area contributed by atoms with E-state index in [1.807, 2.05) is 39.0 Å². The van der Waals surface area contributed by atoms with Crippen LogP contribution in [0.2, 0.25) is 0 Å². The molecule has 0 bridgehead atoms. The summed E-state index contributed by atoms with van der Waals surface area (Å²) in [6.07, 6.45) is 0.805. The van der Waals surface area contributed by atoms with E-state index in [9.17, 15) is 0 Å². The molecule has 19 heavy (non-hydrogen) atoms. The summed E-state index contributed by atoms with van der Waals surface area (Å²) in [6.45, 7) is 6.57. The van der Waals surface area contributed by atoms with Crippen LogP contribution in [0, 0.1) is 0 Å². The fourth-order valence-corrected chi connectivity index (χ4v) is 1.79. The number of methoxy groups -OCH3 is 2. The molecule has 0 heterocycles. The van der Waals surface area contributed by atoms with Crippen molar-refractivity contribution in [1.29, 1.82) is 0 Å². The Morgan fingerprint density at radius 2 is 1.84 bits per heavy atom. The second-order valence-corrected chi connectivity index (χ2v) is 5.22. The minimum Gasteiger partial charge on any atom is -0.496 e. The SMILES string of the molecule is COc1cccc(OCCC(C)(C)OC)c1[C@@H](C)N. The molecule has 0 aliphatic rings. The first-order valence-electron chi connectivity index (χ1n) is 6.51. The Morgan fingerprint density at radius 3 is 2.37 bits per heavy atom. The van der Waals surface area contributed by atoms with Crippen molar-refractivity contribution in [2.24, 2.45) is 5.73 Å². The summed E-state index contributed by atoms with van der Waals surface area (Å²) in [5, 5.41) is 0. The lowest BCUT2D eigenvalue weighted by Crippen LogP contribution is -2.25. The summed E-state index contributed by atoms with van der Waals surface area (Å²) >= 11 is 0. The van der Waals surface area contributed by atoms with Gasteiger partial charge in [-0.1, -0.05) is 6.07 Å². The van der Waals surface area contributed by atoms with Crippen molar-refractivity contribution in [3.05, 3.63) is 23.8 Å². The summed E-state index contributed by atoms with van der Waals surface area (Å²) in [6, 6.07) is 5.58. The van der Waals surface area contributed by atoms with E-state index in [1.165, 1.54) is 0 Å². The first-order chi connectivity index (χ1) is 8.91. The fourth-order valence-electron chi connectivity index (χ4n) is 1.79. The Hall–Kier alpha value is -1.26. The summed E-state index contributed by atoms with van der Waals surface area (Å²) in [5.74, 6) is 1.54. The highest BCUT2D eigenvalue weighted by Gasteiger charge is 2.18. The smallest absolute Gasteiger partial charge is 0.127 e. The van der Waals surface area contributed by atoms with Gasteiger partial charge in [0.05, 0.1) is 24.9 Å². The number of hydrogen-bond donors (Lipinski definition) is 1. The van der Waals surface area contributed by atoms with E-state index in [1.54, 1.807) is 14.2 Å². The van der Waals surface area contributed by atoms with Crippen molar-refractivity contribution in [2.45, 2.75) is 38.8 Å². The van der Waals surface area contributed by atoms with Crippen LogP contribution < -0.4 is 15.2 Å². The lowest BCUT2D eigenvalue weighted by Gasteiger charge is -2.23. The van der Waals surface area contributed by atoms with Crippen LogP contribution in [-0.4, -0.2) is 26.4 Å². The number of ether oxygens (including phenoxy) is 3. The summed E-state index contributed by atoms with van der Waals surface area (Å²) in [4.78, 5) is 0. The van der Waals surface area contributed by atoms with E-state index in [0.29, 0.717) is 6.61 Å². The van der Waals surface area contributed by atoms with Gasteiger partial charge >= 0.3 is 0 Å². The fraction of sp³-hybridized carbons (Fsp3) is 0.600. The van der Waals surface area contributed by atoms with Crippen LogP contribution in [0.1, 0.15) is 38.8 Å². The maximum absolute atomic E-state index is 5.99. The van der Waals surface area contributed by atoms with Crippen LogP contribution in [0.25, 0.3) is 0 Å². The molecule has 1 atom stereocenters. The van der Waals surface area contributed by atoms with Crippen LogP contribution in [0.15, 0.2) is 18.2 Å². The molecule has 0 unspecified atom stereocenters. The molecule has 108 valence electrons. The van der Waals surface area contributed by atoms with Gasteiger partial charge in [0.2, 0.25) is 0 Å². The Kier molecular flexibility index (Phi) is 5.63. The monoisotopic (exact) mass is 267 g/mol. The molecule has 1 rings (SSSR count). The molecule has 1 aromatic carbocycles. The van der Waals surface area contributed by atoms with Crippen molar-refractivity contribution in [3.63, 3.8) is 0 Å². The van der Waals surface area contributed by atoms with E-state index in [0.717, 1.165) is 23.5 Å². The number of rotatable bonds is 7. The van der Waals surface area contributed by atoms with Gasteiger partial charge in [-0.15, -0.1) is 0 Å². The second kappa shape index (κ2) is 6.78. The zero-order chi connectivity index (χ0) is 14.5. The Balaban J connectivity index is 2.78. The van der Waals surface area contributed by atoms with Crippen LogP contribution in [0.4, 0.5) is 0 Å². The lowest BCUT2D eigenvalue weighted by atomic mass is 10.1. The highest BCUT2D eigenvalue weighted by molar-refractivity contribution is 5.46. The Morgan fingerprint density at radius 1 is 1.21 bits per heavy atom. The van der Waals surface area contributed by atoms with Gasteiger partial charge in [-0.2, -0.15) is 0 Å². The third-order valence-corrected chi connectivity index (χ3v) is 3.22. The molecule has 1 aromatic rings. The minimum absolute atomic E-state index is 0.137. The highest BCUT2D eigenvalue weighted by atomic mass is 16.5. The van der Waals surface area contributed by atoms with Gasteiger partial charge in [-0.3, -0.25) is 0 Å². The first-order valence-corrected chi connectivity index (χ1v) is 6.51. The minimum atomic E-state index is -0.187. The zero-order valence-electron chi connectivity index (χ0n) is 12.5. The van der Waals surface area contributed by atoms with Gasteiger partial charge in [0.25, 0.3) is 0 Å². The second-order valence-electron chi connectivity index (χ2n) is 5.22. The maximum Gasteiger partial charge on any atom is 0.127 e. The molecule has 0 aliphatic heterocycles. The summed E-state index contributed by atoms with van der Waals surface area (Å²) in [5.41, 5.74) is 6.71. The van der Waals surface area contributed by atoms with Crippen LogP contribution in [0.5, 0.6) is 11.5 Å². The predicted octanol–water partition coefficient (Wildman–Crippen LogP) is 2.91. The molecule has 0 radical (unpaired) electrons. The van der Waals surface area contributed by atoms with Gasteiger partial charge in [0.15, 0.2) is 0 Å². The van der Waals surface area contributed by atoms with Crippen LogP contribution in [0.3, 0.4) is 0 Å². The third-order valence-electron chi connectivity index (χ3n) is 3.22. The van der Waals surface area contributed by atoms with Crippen LogP contribution >= 0.6 is 0 Å². The molecule has 0 saturated heterocycles. The molecule has 0 aliphatic carbocycles. The molecule has 4 heteroatoms. The lowest BCUT2D eigenvalue weighted by molar-refractivity contribution is 0.00535. The molecule has 0 saturated carbocycles. The third kappa shape index (κ3) is 4.40. The largest absolute Gasteiger partial charge is 0.496 e. The van der Waals surface area contributed by atoms with E-state index in [4.69, 9.17) is 19.9 Å². The maximum atomic E-state index is 5.99. The number of nitrogens with two attached hydrogens (primary N) is 1. The summed E-state index contributed by atoms with van der Waals surface area (Å²) < 4.78 is 16.5. The standard InChI is InChI=1S/C15H25NO3/c1-11(16)14-12(17-4)7-6-8-13(14)19-10-9-15(2,3)18-5/h6-8,11H,9-10,16H2,1-5H3/t11-/m1/s1. The summed E-state index contributed by atoms with van der Waals surface area (Å²) in [7, 11) is 3.35. The topological polar surface area (TPSA) is 53.7 Å². The van der Waals surface area contributed by atoms with Gasteiger partial charge in [0.1, 0.15) is 11.5 Å². The average molecular weight is 267 g/mol. The molecule has 0 aromatic heterocycles. The molecule has 4 nitrogen and oxygen atoms in total. The number of hydrogen-bond acceptors (Lipinski definition) is 4. The van der Waals surface area contributed by atoms with E-state index < -0.39 is 0 Å². The van der Waals surface area contributed by atoms with E-state index in [2.05, 4.69) is 0 Å². The highest BCUT2D eigenvalue weighted by Crippen LogP contribution is 2.33. The number of benzene rings is 1. The van der Waals surface area contributed by atoms with E-state index >= 15 is 0 Å². The Bertz CT molecular complexity index is 402. The van der Waals surface area contributed by atoms with Crippen molar-refractivity contribution in [3.8, 4) is 11.5 Å². The van der Waals surface area contributed by atoms with Gasteiger partial charge in [0, 0.05) is 19.6 Å². The van der Waals surface area contributed by atoms with Crippen molar-refractivity contribution < 1.29 is 14.2 Å². The van der Waals surface area contributed by atoms with Crippen molar-refractivity contribution >= 4 is 0 Å². The quantitative estimate of drug-likeness (QED) is 0.825. The van der Waals surface area contributed by atoms with Crippen molar-refractivity contribution in [1.82, 2.24) is 0 Å². The molecular formula is C15H25NO3. The molecule has 0 fully saturated rings. The first kappa shape index (κ1) is 15.8. The molecule has 2 N–H and O–H groups in total. The van der Waals surface area contributed by atoms with Gasteiger partial charge in [-0.05, 0) is 32.9 Å².